The van der Waals surface area contributed by atoms with Crippen LogP contribution >= 0.6 is 0 Å². The van der Waals surface area contributed by atoms with E-state index < -0.39 is 80.4 Å². The molecule has 0 aromatic heterocycles. The van der Waals surface area contributed by atoms with Gasteiger partial charge in [0.15, 0.2) is 0 Å². The molecule has 5 atom stereocenters. The van der Waals surface area contributed by atoms with Gasteiger partial charge in [-0.1, -0.05) is 54.6 Å². The van der Waals surface area contributed by atoms with Crippen LogP contribution in [0, 0.1) is 5.92 Å². The molecule has 4 aliphatic rings. The molecule has 54 heavy (non-hydrogen) atoms. The highest BCUT2D eigenvalue weighted by Crippen LogP contribution is 2.46. The monoisotopic (exact) mass is 765 g/mol. The maximum absolute atomic E-state index is 14.2. The minimum absolute atomic E-state index is 0.142. The molecule has 2 aromatic rings. The molecule has 4 N–H and O–H groups in total. The zero-order valence-electron chi connectivity index (χ0n) is 30.5. The predicted octanol–water partition coefficient (Wildman–Crippen LogP) is 3.61. The Hall–Kier alpha value is -4.96. The van der Waals surface area contributed by atoms with E-state index in [1.807, 2.05) is 48.5 Å². The standard InChI is InChI=1S/C38H47N5O10S/c1-37(2,3)53-36(48)40-30-23-51-19-9-5-8-12-26-21-38(26,34(46)42-54(49,50)29-17-18-29)41-32(44)31-20-28(22-43(31)33(30)45)52-35(47)39-27-15-13-25(14-16-27)24-10-6-4-7-11-24/h4,6-8,10-16,26,28-31H,5,9,17-23H2,1-3H3,(H,39,47)(H,40,48)(H,41,44)(H,42,46)/b12-8+. The first kappa shape index (κ1) is 38.8. The van der Waals surface area contributed by atoms with Gasteiger partial charge in [-0.3, -0.25) is 24.4 Å². The SMILES string of the molecule is CC(C)(C)OC(=O)NC1COCCC/C=C/C2CC2(C(=O)NS(=O)(=O)C2CC2)NC(=O)C2CC(OC(=O)Nc3ccc(-c4ccccc4)cc3)CN2C1=O. The minimum Gasteiger partial charge on any atom is -0.444 e. The first-order chi connectivity index (χ1) is 25.6. The number of nitrogens with one attached hydrogen (secondary N) is 4. The second-order valence-corrected chi connectivity index (χ2v) is 17.1. The highest BCUT2D eigenvalue weighted by Gasteiger charge is 2.62. The normalized spacial score (nSPS) is 26.8. The van der Waals surface area contributed by atoms with Gasteiger partial charge >= 0.3 is 12.2 Å². The lowest BCUT2D eigenvalue weighted by atomic mass is 10.1. The van der Waals surface area contributed by atoms with Crippen molar-refractivity contribution in [3.8, 4) is 11.1 Å². The molecule has 2 saturated carbocycles. The molecule has 0 spiro atoms. The largest absolute Gasteiger partial charge is 0.444 e. The Morgan fingerprint density at radius 3 is 2.37 bits per heavy atom. The zero-order valence-corrected chi connectivity index (χ0v) is 31.4. The highest BCUT2D eigenvalue weighted by molar-refractivity contribution is 7.91. The number of hydrogen-bond acceptors (Lipinski definition) is 10. The Labute approximate surface area is 314 Å². The molecule has 5 unspecified atom stereocenters. The number of fused-ring (bicyclic) bond motifs is 2. The molecule has 6 rings (SSSR count). The average molecular weight is 766 g/mol. The third-order valence-electron chi connectivity index (χ3n) is 9.63. The fraction of sp³-hybridized carbons (Fsp3) is 0.500. The van der Waals surface area contributed by atoms with Crippen molar-refractivity contribution >= 4 is 45.6 Å². The van der Waals surface area contributed by atoms with Crippen LogP contribution in [0.5, 0.6) is 0 Å². The lowest BCUT2D eigenvalue weighted by molar-refractivity contribution is -0.142. The van der Waals surface area contributed by atoms with Crippen molar-refractivity contribution < 1.29 is 46.6 Å². The fourth-order valence-electron chi connectivity index (χ4n) is 6.61. The third-order valence-corrected chi connectivity index (χ3v) is 11.4. The summed E-state index contributed by atoms with van der Waals surface area (Å²) in [6.45, 7) is 4.81. The number of ether oxygens (including phenoxy) is 3. The zero-order chi connectivity index (χ0) is 38.7. The lowest BCUT2D eigenvalue weighted by Gasteiger charge is -2.30. The summed E-state index contributed by atoms with van der Waals surface area (Å²) in [5.41, 5.74) is -0.0272. The van der Waals surface area contributed by atoms with E-state index in [9.17, 15) is 32.4 Å². The number of allylic oxidation sites excluding steroid dienone is 1. The van der Waals surface area contributed by atoms with E-state index in [4.69, 9.17) is 14.2 Å². The topological polar surface area (TPSA) is 199 Å². The summed E-state index contributed by atoms with van der Waals surface area (Å²) in [5, 5.41) is 7.35. The molecule has 0 radical (unpaired) electrons. The first-order valence-corrected chi connectivity index (χ1v) is 19.7. The molecule has 3 fully saturated rings. The number of carbonyl (C=O) groups excluding carboxylic acids is 5. The van der Waals surface area contributed by atoms with Crippen LogP contribution in [0.4, 0.5) is 15.3 Å². The van der Waals surface area contributed by atoms with Gasteiger partial charge in [-0.2, -0.15) is 0 Å². The smallest absolute Gasteiger partial charge is 0.411 e. The fourth-order valence-corrected chi connectivity index (χ4v) is 7.97. The number of anilines is 1. The van der Waals surface area contributed by atoms with Crippen LogP contribution in [-0.4, -0.2) is 97.6 Å². The van der Waals surface area contributed by atoms with Gasteiger partial charge in [0.1, 0.15) is 29.3 Å². The van der Waals surface area contributed by atoms with Crippen LogP contribution in [-0.2, 0) is 38.6 Å². The second kappa shape index (κ2) is 15.8. The molecule has 0 bridgehead atoms. The number of sulfonamides is 1. The summed E-state index contributed by atoms with van der Waals surface area (Å²) in [6, 6.07) is 14.3. The van der Waals surface area contributed by atoms with Gasteiger partial charge in [-0.15, -0.1) is 0 Å². The van der Waals surface area contributed by atoms with Gasteiger partial charge in [0.2, 0.25) is 21.8 Å². The number of carbonyl (C=O) groups is 5. The Kier molecular flexibility index (Phi) is 11.3. The van der Waals surface area contributed by atoms with E-state index in [1.165, 1.54) is 4.90 Å². The maximum atomic E-state index is 14.2. The lowest BCUT2D eigenvalue weighted by Crippen LogP contribution is -2.59. The number of nitrogens with zero attached hydrogens (tertiary/aromatic N) is 1. The van der Waals surface area contributed by atoms with Crippen LogP contribution in [0.2, 0.25) is 0 Å². The van der Waals surface area contributed by atoms with Gasteiger partial charge in [-0.25, -0.2) is 18.0 Å². The molecule has 15 nitrogen and oxygen atoms in total. The quantitative estimate of drug-likeness (QED) is 0.302. The maximum Gasteiger partial charge on any atom is 0.411 e. The molecule has 2 aliphatic heterocycles. The average Bonchev–Trinajstić information content (AvgIpc) is 4.04. The molecular formula is C38H47N5O10S. The molecule has 2 aliphatic carbocycles. The van der Waals surface area contributed by atoms with E-state index >= 15 is 0 Å². The van der Waals surface area contributed by atoms with E-state index in [2.05, 4.69) is 20.7 Å². The minimum atomic E-state index is -3.93. The number of hydrogen-bond donors (Lipinski definition) is 4. The van der Waals surface area contributed by atoms with Crippen LogP contribution in [0.1, 0.15) is 59.3 Å². The van der Waals surface area contributed by atoms with Crippen molar-refractivity contribution in [3.63, 3.8) is 0 Å². The number of rotatable bonds is 7. The van der Waals surface area contributed by atoms with E-state index in [0.29, 0.717) is 31.4 Å². The summed E-state index contributed by atoms with van der Waals surface area (Å²) < 4.78 is 44.6. The van der Waals surface area contributed by atoms with Crippen molar-refractivity contribution in [2.45, 2.75) is 93.9 Å². The molecule has 2 heterocycles. The van der Waals surface area contributed by atoms with E-state index in [0.717, 1.165) is 11.1 Å². The van der Waals surface area contributed by atoms with Crippen LogP contribution < -0.4 is 20.7 Å². The van der Waals surface area contributed by atoms with Gasteiger partial charge in [0, 0.05) is 24.6 Å². The Morgan fingerprint density at radius 1 is 0.981 bits per heavy atom. The molecule has 2 aromatic carbocycles. The second-order valence-electron chi connectivity index (χ2n) is 15.1. The van der Waals surface area contributed by atoms with Gasteiger partial charge in [0.05, 0.1) is 18.4 Å². The Balaban J connectivity index is 1.22. The third kappa shape index (κ3) is 9.58. The summed E-state index contributed by atoms with van der Waals surface area (Å²) in [6.07, 6.45) is 2.94. The molecule has 16 heteroatoms. The summed E-state index contributed by atoms with van der Waals surface area (Å²) in [7, 11) is -3.93. The Bertz CT molecular complexity index is 1880. The number of benzene rings is 2. The number of amides is 5. The summed E-state index contributed by atoms with van der Waals surface area (Å²) in [4.78, 5) is 69.2. The van der Waals surface area contributed by atoms with Crippen molar-refractivity contribution in [1.82, 2.24) is 20.3 Å². The van der Waals surface area contributed by atoms with Crippen molar-refractivity contribution in [2.75, 3.05) is 25.1 Å². The van der Waals surface area contributed by atoms with Crippen LogP contribution in [0.25, 0.3) is 11.1 Å². The number of alkyl carbamates (subject to hydrolysis) is 1. The van der Waals surface area contributed by atoms with Crippen molar-refractivity contribution in [3.05, 3.63) is 66.7 Å². The van der Waals surface area contributed by atoms with Crippen LogP contribution in [0.15, 0.2) is 66.7 Å². The van der Waals surface area contributed by atoms with Crippen molar-refractivity contribution in [1.29, 1.82) is 0 Å². The summed E-state index contributed by atoms with van der Waals surface area (Å²) >= 11 is 0. The predicted molar refractivity (Wildman–Crippen MR) is 197 cm³/mol. The first-order valence-electron chi connectivity index (χ1n) is 18.2. The van der Waals surface area contributed by atoms with Crippen molar-refractivity contribution in [2.24, 2.45) is 5.92 Å². The Morgan fingerprint density at radius 2 is 1.69 bits per heavy atom. The van der Waals surface area contributed by atoms with Crippen LogP contribution in [0.3, 0.4) is 0 Å². The van der Waals surface area contributed by atoms with E-state index in [-0.39, 0.29) is 32.6 Å². The van der Waals surface area contributed by atoms with Gasteiger partial charge in [-0.05, 0) is 76.1 Å². The highest BCUT2D eigenvalue weighted by atomic mass is 32.2. The molecule has 290 valence electrons. The molecule has 1 saturated heterocycles. The molecule has 5 amide bonds. The van der Waals surface area contributed by atoms with Gasteiger partial charge in [0.25, 0.3) is 5.91 Å². The van der Waals surface area contributed by atoms with Gasteiger partial charge < -0.3 is 29.7 Å². The van der Waals surface area contributed by atoms with E-state index in [1.54, 1.807) is 39.0 Å². The molecular weight excluding hydrogens is 719 g/mol. The summed E-state index contributed by atoms with van der Waals surface area (Å²) in [5.74, 6) is -2.79.